The van der Waals surface area contributed by atoms with E-state index in [1.165, 1.54) is 6.42 Å². The topological polar surface area (TPSA) is 41.5 Å². The van der Waals surface area contributed by atoms with Crippen LogP contribution in [-0.2, 0) is 4.79 Å². The number of carbonyl (C=O) groups excluding carboxylic acids is 1. The van der Waals surface area contributed by atoms with Crippen LogP contribution in [-0.4, -0.2) is 17.2 Å². The molecule has 4 heteroatoms. The Bertz CT molecular complexity index is 991. The number of benzene rings is 2. The Balaban J connectivity index is 1.62. The third-order valence-corrected chi connectivity index (χ3v) is 7.99. The third-order valence-electron chi connectivity index (χ3n) is 7.75. The molecule has 0 aromatic heterocycles. The first-order chi connectivity index (χ1) is 13.6. The number of rotatable bonds is 1. The molecule has 0 saturated heterocycles. The summed E-state index contributed by atoms with van der Waals surface area (Å²) >= 11 is 6.35. The Kier molecular flexibility index (Phi) is 3.56. The predicted molar refractivity (Wildman–Crippen MR) is 112 cm³/mol. The summed E-state index contributed by atoms with van der Waals surface area (Å²) < 4.78 is 0. The maximum atomic E-state index is 13.7. The van der Waals surface area contributed by atoms with Crippen molar-refractivity contribution in [1.29, 1.82) is 0 Å². The van der Waals surface area contributed by atoms with Crippen LogP contribution in [0.4, 0.5) is 5.69 Å². The minimum absolute atomic E-state index is 0.0954. The number of nitrogens with one attached hydrogen (secondary N) is 1. The first-order valence-corrected chi connectivity index (χ1v) is 10.8. The number of carbonyl (C=O) groups is 1. The number of hydrogen-bond acceptors (Lipinski definition) is 2. The van der Waals surface area contributed by atoms with Gasteiger partial charge in [-0.25, -0.2) is 0 Å². The summed E-state index contributed by atoms with van der Waals surface area (Å²) in [6, 6.07) is 16.0. The zero-order valence-electron chi connectivity index (χ0n) is 15.7. The number of hydrogen-bond donors (Lipinski definition) is 1. The molecule has 1 N–H and O–H groups in total. The predicted octanol–water partition coefficient (Wildman–Crippen LogP) is 5.32. The van der Waals surface area contributed by atoms with Crippen LogP contribution in [0.1, 0.15) is 43.2 Å². The SMILES string of the molecule is O=C1Nc2ccc(Cl)cc2C(c2ccccc2)=N[C@]12[C@H]1C[C@@H]3CC[C@H]2C[C@@H]3C1. The third kappa shape index (κ3) is 2.23. The van der Waals surface area contributed by atoms with Gasteiger partial charge in [0.15, 0.2) is 0 Å². The van der Waals surface area contributed by atoms with E-state index in [0.29, 0.717) is 16.9 Å². The van der Waals surface area contributed by atoms with E-state index in [2.05, 4.69) is 17.4 Å². The minimum atomic E-state index is -0.640. The van der Waals surface area contributed by atoms with Gasteiger partial charge in [-0.1, -0.05) is 41.9 Å². The second-order valence-electron chi connectivity index (χ2n) is 8.99. The molecule has 2 aromatic rings. The molecule has 3 nitrogen and oxygen atoms in total. The Labute approximate surface area is 170 Å². The smallest absolute Gasteiger partial charge is 0.252 e. The Hall–Kier alpha value is -2.13. The van der Waals surface area contributed by atoms with Crippen molar-refractivity contribution in [2.24, 2.45) is 28.7 Å². The van der Waals surface area contributed by atoms with Crippen molar-refractivity contribution in [3.8, 4) is 0 Å². The molecule has 3 fully saturated rings. The molecule has 0 unspecified atom stereocenters. The molecule has 1 heterocycles. The van der Waals surface area contributed by atoms with Gasteiger partial charge in [0.2, 0.25) is 0 Å². The lowest BCUT2D eigenvalue weighted by atomic mass is 9.62. The number of aliphatic imine (C=N–C) groups is 1. The van der Waals surface area contributed by atoms with Crippen LogP contribution < -0.4 is 5.32 Å². The quantitative estimate of drug-likeness (QED) is 0.703. The number of anilines is 1. The lowest BCUT2D eigenvalue weighted by Gasteiger charge is -2.46. The molecule has 6 rings (SSSR count). The molecule has 1 spiro atoms. The van der Waals surface area contributed by atoms with Gasteiger partial charge in [0.25, 0.3) is 5.91 Å². The summed E-state index contributed by atoms with van der Waals surface area (Å²) in [5.41, 5.74) is 3.07. The van der Waals surface area contributed by atoms with Crippen molar-refractivity contribution in [1.82, 2.24) is 0 Å². The van der Waals surface area contributed by atoms with Crippen LogP contribution in [0.5, 0.6) is 0 Å². The van der Waals surface area contributed by atoms with Crippen LogP contribution in [0.3, 0.4) is 0 Å². The molecular formula is C24H23ClN2O. The second-order valence-corrected chi connectivity index (χ2v) is 9.43. The number of nitrogens with zero attached hydrogens (tertiary/aromatic N) is 1. The molecule has 28 heavy (non-hydrogen) atoms. The highest BCUT2D eigenvalue weighted by Crippen LogP contribution is 2.61. The first kappa shape index (κ1) is 16.8. The van der Waals surface area contributed by atoms with Crippen LogP contribution >= 0.6 is 11.6 Å². The van der Waals surface area contributed by atoms with E-state index in [4.69, 9.17) is 16.6 Å². The van der Waals surface area contributed by atoms with Gasteiger partial charge in [0.1, 0.15) is 5.54 Å². The minimum Gasteiger partial charge on any atom is -0.323 e. The Morgan fingerprint density at radius 3 is 2.61 bits per heavy atom. The van der Waals surface area contributed by atoms with E-state index < -0.39 is 5.54 Å². The molecule has 2 aromatic carbocycles. The number of halogens is 1. The highest BCUT2D eigenvalue weighted by Gasteiger charge is 2.62. The van der Waals surface area contributed by atoms with Gasteiger partial charge in [-0.05, 0) is 74.0 Å². The van der Waals surface area contributed by atoms with Crippen LogP contribution in [0.25, 0.3) is 0 Å². The summed E-state index contributed by atoms with van der Waals surface area (Å²) in [5.74, 6) is 2.39. The largest absolute Gasteiger partial charge is 0.323 e. The molecule has 5 atom stereocenters. The molecule has 0 radical (unpaired) electrons. The van der Waals surface area contributed by atoms with Gasteiger partial charge in [0.05, 0.1) is 11.4 Å². The van der Waals surface area contributed by atoms with Gasteiger partial charge in [-0.3, -0.25) is 9.79 Å². The van der Waals surface area contributed by atoms with E-state index in [1.807, 2.05) is 36.4 Å². The van der Waals surface area contributed by atoms with Crippen molar-refractivity contribution >= 4 is 28.9 Å². The zero-order chi connectivity index (χ0) is 18.9. The standard InChI is InChI=1S/C24H23ClN2O/c25-19-8-9-21-20(13-19)22(14-4-2-1-3-5-14)27-24(23(28)26-21)17-7-6-15-10-18(24)12-16(15)11-17/h1-5,8-9,13,15-18H,6-7,10-12H2,(H,26,28)/t15-,16+,17-,18-,24+/m0/s1. The normalized spacial score (nSPS) is 35.3. The van der Waals surface area contributed by atoms with Gasteiger partial charge < -0.3 is 5.32 Å². The fourth-order valence-electron chi connectivity index (χ4n) is 6.55. The van der Waals surface area contributed by atoms with Crippen LogP contribution in [0.15, 0.2) is 53.5 Å². The fourth-order valence-corrected chi connectivity index (χ4v) is 6.73. The molecule has 3 bridgehead atoms. The zero-order valence-corrected chi connectivity index (χ0v) is 16.5. The lowest BCUT2D eigenvalue weighted by molar-refractivity contribution is -0.127. The summed E-state index contributed by atoms with van der Waals surface area (Å²) in [4.78, 5) is 19.1. The van der Waals surface area contributed by atoms with Gasteiger partial charge in [-0.15, -0.1) is 0 Å². The highest BCUT2D eigenvalue weighted by molar-refractivity contribution is 6.32. The van der Waals surface area contributed by atoms with E-state index in [9.17, 15) is 4.79 Å². The summed E-state index contributed by atoms with van der Waals surface area (Å²) in [6.45, 7) is 0. The molecule has 1 amide bonds. The highest BCUT2D eigenvalue weighted by atomic mass is 35.5. The summed E-state index contributed by atoms with van der Waals surface area (Å²) in [7, 11) is 0. The van der Waals surface area contributed by atoms with E-state index in [0.717, 1.165) is 60.0 Å². The molecule has 142 valence electrons. The van der Waals surface area contributed by atoms with Crippen molar-refractivity contribution in [2.75, 3.05) is 5.32 Å². The molecule has 1 aliphatic heterocycles. The van der Waals surface area contributed by atoms with E-state index in [1.54, 1.807) is 0 Å². The Morgan fingerprint density at radius 1 is 0.964 bits per heavy atom. The summed E-state index contributed by atoms with van der Waals surface area (Å²) in [5, 5.41) is 3.93. The lowest BCUT2D eigenvalue weighted by Crippen LogP contribution is -2.55. The number of fused-ring (bicyclic) bond motifs is 5. The van der Waals surface area contributed by atoms with Crippen molar-refractivity contribution < 1.29 is 4.79 Å². The van der Waals surface area contributed by atoms with Crippen LogP contribution in [0.2, 0.25) is 5.02 Å². The molecule has 3 saturated carbocycles. The second kappa shape index (κ2) is 5.93. The van der Waals surface area contributed by atoms with Crippen LogP contribution in [0, 0.1) is 23.7 Å². The van der Waals surface area contributed by atoms with E-state index >= 15 is 0 Å². The monoisotopic (exact) mass is 390 g/mol. The molecule has 3 aliphatic carbocycles. The maximum Gasteiger partial charge on any atom is 0.252 e. The molecular weight excluding hydrogens is 368 g/mol. The molecule has 4 aliphatic rings. The fraction of sp³-hybridized carbons (Fsp3) is 0.417. The van der Waals surface area contributed by atoms with Crippen molar-refractivity contribution in [2.45, 2.75) is 37.6 Å². The number of amides is 1. The first-order valence-electron chi connectivity index (χ1n) is 10.4. The average Bonchev–Trinajstić information content (AvgIpc) is 2.96. The van der Waals surface area contributed by atoms with Gasteiger partial charge >= 0.3 is 0 Å². The average molecular weight is 391 g/mol. The Morgan fingerprint density at radius 2 is 1.75 bits per heavy atom. The van der Waals surface area contributed by atoms with Crippen molar-refractivity contribution in [3.05, 3.63) is 64.7 Å². The van der Waals surface area contributed by atoms with Gasteiger partial charge in [0, 0.05) is 16.1 Å². The van der Waals surface area contributed by atoms with E-state index in [-0.39, 0.29) is 5.91 Å². The summed E-state index contributed by atoms with van der Waals surface area (Å²) in [6.07, 6.45) is 5.83. The van der Waals surface area contributed by atoms with Crippen molar-refractivity contribution in [3.63, 3.8) is 0 Å². The van der Waals surface area contributed by atoms with Gasteiger partial charge in [-0.2, -0.15) is 0 Å². The maximum absolute atomic E-state index is 13.7.